The second kappa shape index (κ2) is 9.21. The Morgan fingerprint density at radius 3 is 2.32 bits per heavy atom. The number of thiophene rings is 1. The van der Waals surface area contributed by atoms with Gasteiger partial charge >= 0.3 is 0 Å². The Kier molecular flexibility index (Phi) is 7.97. The first-order chi connectivity index (χ1) is 10.4. The first-order valence-electron chi connectivity index (χ1n) is 6.73. The summed E-state index contributed by atoms with van der Waals surface area (Å²) in [5.41, 5.74) is 0. The monoisotopic (exact) mass is 350 g/mol. The summed E-state index contributed by atoms with van der Waals surface area (Å²) in [4.78, 5) is 11.7. The quantitative estimate of drug-likeness (QED) is 0.670. The molecule has 0 aliphatic carbocycles. The highest BCUT2D eigenvalue weighted by atomic mass is 32.2. The van der Waals surface area contributed by atoms with Crippen LogP contribution in [0.1, 0.15) is 11.8 Å². The van der Waals surface area contributed by atoms with Gasteiger partial charge in [-0.05, 0) is 12.1 Å². The third kappa shape index (κ3) is 5.65. The smallest absolute Gasteiger partial charge is 0.252 e. The first kappa shape index (κ1) is 19.0. The summed E-state index contributed by atoms with van der Waals surface area (Å²) in [7, 11) is -0.533. The minimum Gasteiger partial charge on any atom is -0.383 e. The van der Waals surface area contributed by atoms with Crippen LogP contribution in [0, 0.1) is 0 Å². The number of carbonyl (C=O) groups is 1. The minimum absolute atomic E-state index is 0.153. The summed E-state index contributed by atoms with van der Waals surface area (Å²) in [5, 5.41) is 2.65. The lowest BCUT2D eigenvalue weighted by Gasteiger charge is -2.20. The number of hydrogen-bond acceptors (Lipinski definition) is 6. The molecular weight excluding hydrogens is 328 g/mol. The molecule has 0 unspecified atom stereocenters. The van der Waals surface area contributed by atoms with Gasteiger partial charge in [0.1, 0.15) is 4.21 Å². The lowest BCUT2D eigenvalue weighted by Crippen LogP contribution is -2.36. The summed E-state index contributed by atoms with van der Waals surface area (Å²) < 4.78 is 36.8. The Hall–Kier alpha value is -1.00. The molecule has 0 aromatic carbocycles. The van der Waals surface area contributed by atoms with E-state index in [0.717, 1.165) is 16.2 Å². The van der Waals surface area contributed by atoms with Crippen LogP contribution in [0.25, 0.3) is 0 Å². The molecule has 0 saturated carbocycles. The normalized spacial score (nSPS) is 11.8. The van der Waals surface area contributed by atoms with E-state index in [0.29, 0.717) is 19.8 Å². The molecule has 0 bridgehead atoms. The average Bonchev–Trinajstić information content (AvgIpc) is 2.94. The number of ether oxygens (including phenoxy) is 2. The summed E-state index contributed by atoms with van der Waals surface area (Å²) >= 11 is 1.15. The summed E-state index contributed by atoms with van der Waals surface area (Å²) in [6.07, 6.45) is 0. The molecule has 1 aromatic rings. The van der Waals surface area contributed by atoms with Gasteiger partial charge in [-0.25, -0.2) is 8.42 Å². The van der Waals surface area contributed by atoms with Crippen LogP contribution in [0.5, 0.6) is 0 Å². The van der Waals surface area contributed by atoms with Crippen LogP contribution in [-0.4, -0.2) is 59.2 Å². The zero-order valence-electron chi connectivity index (χ0n) is 13.0. The van der Waals surface area contributed by atoms with E-state index in [4.69, 9.17) is 9.47 Å². The van der Waals surface area contributed by atoms with Crippen molar-refractivity contribution in [1.82, 2.24) is 9.62 Å². The van der Waals surface area contributed by atoms with E-state index in [1.54, 1.807) is 12.1 Å². The van der Waals surface area contributed by atoms with Crippen molar-refractivity contribution in [1.29, 1.82) is 0 Å². The fourth-order valence-electron chi connectivity index (χ4n) is 1.67. The van der Waals surface area contributed by atoms with Crippen LogP contribution in [0.3, 0.4) is 0 Å². The highest BCUT2D eigenvalue weighted by Gasteiger charge is 2.25. The van der Waals surface area contributed by atoms with Gasteiger partial charge in [-0.1, -0.05) is 0 Å². The molecule has 1 aromatic heterocycles. The van der Waals surface area contributed by atoms with E-state index in [-0.39, 0.29) is 23.2 Å². The number of amides is 1. The largest absolute Gasteiger partial charge is 0.383 e. The Morgan fingerprint density at radius 2 is 1.82 bits per heavy atom. The third-order valence-electron chi connectivity index (χ3n) is 2.83. The molecule has 0 atom stereocenters. The maximum atomic E-state index is 12.6. The van der Waals surface area contributed by atoms with Crippen LogP contribution in [0.4, 0.5) is 0 Å². The van der Waals surface area contributed by atoms with E-state index in [2.05, 4.69) is 5.32 Å². The molecule has 0 radical (unpaired) electrons. The Labute approximate surface area is 135 Å². The van der Waals surface area contributed by atoms with Crippen LogP contribution >= 0.6 is 11.3 Å². The SMILES string of the molecule is COCCN(CCOC)S(=O)(=O)c1ccc(CNC(C)=O)s1. The van der Waals surface area contributed by atoms with Crippen LogP contribution in [0.15, 0.2) is 16.3 Å². The number of sulfonamides is 1. The van der Waals surface area contributed by atoms with E-state index in [9.17, 15) is 13.2 Å². The van der Waals surface area contributed by atoms with Crippen molar-refractivity contribution >= 4 is 27.3 Å². The molecule has 0 fully saturated rings. The van der Waals surface area contributed by atoms with Crippen molar-refractivity contribution in [3.63, 3.8) is 0 Å². The highest BCUT2D eigenvalue weighted by Crippen LogP contribution is 2.24. The van der Waals surface area contributed by atoms with Crippen molar-refractivity contribution in [2.45, 2.75) is 17.7 Å². The molecule has 0 spiro atoms. The topological polar surface area (TPSA) is 84.9 Å². The average molecular weight is 350 g/mol. The number of rotatable bonds is 10. The van der Waals surface area contributed by atoms with Crippen molar-refractivity contribution in [3.05, 3.63) is 17.0 Å². The number of methoxy groups -OCH3 is 2. The Bertz CT molecular complexity index is 563. The fraction of sp³-hybridized carbons (Fsp3) is 0.615. The summed E-state index contributed by atoms with van der Waals surface area (Å²) in [6, 6.07) is 3.27. The molecule has 126 valence electrons. The third-order valence-corrected chi connectivity index (χ3v) is 6.28. The zero-order valence-corrected chi connectivity index (χ0v) is 14.6. The number of nitrogens with one attached hydrogen (secondary N) is 1. The lowest BCUT2D eigenvalue weighted by molar-refractivity contribution is -0.119. The lowest BCUT2D eigenvalue weighted by atomic mass is 10.4. The fourth-order valence-corrected chi connectivity index (χ4v) is 4.53. The maximum absolute atomic E-state index is 12.6. The molecule has 1 rings (SSSR count). The Morgan fingerprint density at radius 1 is 1.23 bits per heavy atom. The van der Waals surface area contributed by atoms with Gasteiger partial charge in [0.15, 0.2) is 0 Å². The highest BCUT2D eigenvalue weighted by molar-refractivity contribution is 7.91. The van der Waals surface area contributed by atoms with E-state index >= 15 is 0 Å². The van der Waals surface area contributed by atoms with Gasteiger partial charge in [-0.3, -0.25) is 4.79 Å². The van der Waals surface area contributed by atoms with E-state index in [1.807, 2.05) is 0 Å². The molecule has 22 heavy (non-hydrogen) atoms. The Balaban J connectivity index is 2.86. The summed E-state index contributed by atoms with van der Waals surface area (Å²) in [6.45, 7) is 2.90. The van der Waals surface area contributed by atoms with Gasteiger partial charge in [0, 0.05) is 39.1 Å². The van der Waals surface area contributed by atoms with Gasteiger partial charge in [0.2, 0.25) is 5.91 Å². The molecule has 9 heteroatoms. The van der Waals surface area contributed by atoms with Crippen molar-refractivity contribution in [2.75, 3.05) is 40.5 Å². The van der Waals surface area contributed by atoms with E-state index in [1.165, 1.54) is 25.4 Å². The number of nitrogens with zero attached hydrogens (tertiary/aromatic N) is 1. The van der Waals surface area contributed by atoms with Gasteiger partial charge in [0.25, 0.3) is 10.0 Å². The standard InChI is InChI=1S/C13H22N2O5S2/c1-11(16)14-10-12-4-5-13(21-12)22(17,18)15(6-8-19-2)7-9-20-3/h4-5H,6-10H2,1-3H3,(H,14,16). The van der Waals surface area contributed by atoms with Crippen LogP contribution < -0.4 is 5.32 Å². The predicted molar refractivity (Wildman–Crippen MR) is 84.4 cm³/mol. The molecule has 0 aliphatic rings. The second-order valence-corrected chi connectivity index (χ2v) is 7.85. The van der Waals surface area contributed by atoms with Gasteiger partial charge < -0.3 is 14.8 Å². The second-order valence-electron chi connectivity index (χ2n) is 4.52. The summed E-state index contributed by atoms with van der Waals surface area (Å²) in [5.74, 6) is -0.153. The van der Waals surface area contributed by atoms with Crippen LogP contribution in [-0.2, 0) is 30.8 Å². The maximum Gasteiger partial charge on any atom is 0.252 e. The minimum atomic E-state index is -3.58. The van der Waals surface area contributed by atoms with Gasteiger partial charge in [-0.15, -0.1) is 11.3 Å². The van der Waals surface area contributed by atoms with Crippen LogP contribution in [0.2, 0.25) is 0 Å². The molecule has 0 saturated heterocycles. The molecule has 1 heterocycles. The van der Waals surface area contributed by atoms with Gasteiger partial charge in [-0.2, -0.15) is 4.31 Å². The van der Waals surface area contributed by atoms with Crippen molar-refractivity contribution in [2.24, 2.45) is 0 Å². The van der Waals surface area contributed by atoms with Crippen molar-refractivity contribution in [3.8, 4) is 0 Å². The van der Waals surface area contributed by atoms with Crippen molar-refractivity contribution < 1.29 is 22.7 Å². The molecular formula is C13H22N2O5S2. The van der Waals surface area contributed by atoms with Gasteiger partial charge in [0.05, 0.1) is 19.8 Å². The number of carbonyl (C=O) groups excluding carboxylic acids is 1. The molecule has 7 nitrogen and oxygen atoms in total. The van der Waals surface area contributed by atoms with E-state index < -0.39 is 10.0 Å². The number of hydrogen-bond donors (Lipinski definition) is 1. The molecule has 1 amide bonds. The molecule has 1 N–H and O–H groups in total. The first-order valence-corrected chi connectivity index (χ1v) is 8.98. The predicted octanol–water partition coefficient (Wildman–Crippen LogP) is 0.668. The zero-order chi connectivity index (χ0) is 16.6. The molecule has 0 aliphatic heterocycles.